The minimum Gasteiger partial charge on any atom is -0.338 e. The van der Waals surface area contributed by atoms with E-state index in [-0.39, 0.29) is 30.7 Å². The maximum absolute atomic E-state index is 13.1. The molecule has 1 saturated heterocycles. The number of pyridine rings is 2. The Morgan fingerprint density at radius 3 is 2.70 bits per heavy atom. The Hall–Kier alpha value is -2.21. The molecule has 1 aromatic carbocycles. The molecule has 1 unspecified atom stereocenters. The van der Waals surface area contributed by atoms with Crippen molar-refractivity contribution >= 4 is 41.6 Å². The SMILES string of the molecule is Cl.Cl.NCC1CCN(C(=O)c2cc(-c3cccnc3)nc3ccccc23)C1. The first-order chi connectivity index (χ1) is 12.3. The van der Waals surface area contributed by atoms with Crippen LogP contribution in [-0.2, 0) is 0 Å². The number of carbonyl (C=O) groups excluding carboxylic acids is 1. The lowest BCUT2D eigenvalue weighted by Gasteiger charge is -2.18. The zero-order valence-corrected chi connectivity index (χ0v) is 16.4. The second-order valence-electron chi connectivity index (χ2n) is 6.46. The quantitative estimate of drug-likeness (QED) is 0.723. The van der Waals surface area contributed by atoms with Gasteiger partial charge in [-0.05, 0) is 43.1 Å². The summed E-state index contributed by atoms with van der Waals surface area (Å²) < 4.78 is 0. The van der Waals surface area contributed by atoms with E-state index in [0.29, 0.717) is 18.0 Å². The van der Waals surface area contributed by atoms with Gasteiger partial charge < -0.3 is 10.6 Å². The number of rotatable bonds is 3. The number of halogens is 2. The minimum absolute atomic E-state index is 0. The number of amides is 1. The van der Waals surface area contributed by atoms with E-state index >= 15 is 0 Å². The molecule has 0 aliphatic carbocycles. The number of fused-ring (bicyclic) bond motifs is 1. The van der Waals surface area contributed by atoms with Gasteiger partial charge >= 0.3 is 0 Å². The van der Waals surface area contributed by atoms with Gasteiger partial charge in [0.2, 0.25) is 0 Å². The molecular formula is C20H22Cl2N4O. The van der Waals surface area contributed by atoms with Gasteiger partial charge in [0, 0.05) is 36.4 Å². The van der Waals surface area contributed by atoms with E-state index in [9.17, 15) is 4.79 Å². The lowest BCUT2D eigenvalue weighted by Crippen LogP contribution is -2.30. The molecule has 4 rings (SSSR count). The highest BCUT2D eigenvalue weighted by molar-refractivity contribution is 6.07. The lowest BCUT2D eigenvalue weighted by molar-refractivity contribution is 0.0789. The number of aromatic nitrogens is 2. The van der Waals surface area contributed by atoms with Crippen LogP contribution in [0, 0.1) is 5.92 Å². The van der Waals surface area contributed by atoms with E-state index in [1.165, 1.54) is 0 Å². The first-order valence-electron chi connectivity index (χ1n) is 8.56. The van der Waals surface area contributed by atoms with Gasteiger partial charge in [0.25, 0.3) is 5.91 Å². The molecule has 3 heterocycles. The normalized spacial score (nSPS) is 15.9. The van der Waals surface area contributed by atoms with E-state index < -0.39 is 0 Å². The summed E-state index contributed by atoms with van der Waals surface area (Å²) in [6, 6.07) is 13.5. The van der Waals surface area contributed by atoms with Crippen LogP contribution in [0.1, 0.15) is 16.8 Å². The van der Waals surface area contributed by atoms with Gasteiger partial charge in [-0.15, -0.1) is 24.8 Å². The number of likely N-dealkylation sites (tertiary alicyclic amines) is 1. The smallest absolute Gasteiger partial charge is 0.254 e. The van der Waals surface area contributed by atoms with Crippen molar-refractivity contribution in [3.05, 3.63) is 60.4 Å². The molecule has 7 heteroatoms. The van der Waals surface area contributed by atoms with Gasteiger partial charge in [0.15, 0.2) is 0 Å². The number of nitrogens with two attached hydrogens (primary N) is 1. The maximum atomic E-state index is 13.1. The number of benzene rings is 1. The molecule has 1 atom stereocenters. The average molecular weight is 405 g/mol. The fraction of sp³-hybridized carbons (Fsp3) is 0.250. The van der Waals surface area contributed by atoms with Gasteiger partial charge in [-0.1, -0.05) is 18.2 Å². The van der Waals surface area contributed by atoms with Crippen LogP contribution in [-0.4, -0.2) is 40.4 Å². The molecule has 0 saturated carbocycles. The number of nitrogens with zero attached hydrogens (tertiary/aromatic N) is 3. The van der Waals surface area contributed by atoms with Crippen molar-refractivity contribution in [2.45, 2.75) is 6.42 Å². The predicted octanol–water partition coefficient (Wildman–Crippen LogP) is 3.56. The minimum atomic E-state index is 0. The zero-order chi connectivity index (χ0) is 17.2. The first kappa shape index (κ1) is 21.1. The molecule has 1 fully saturated rings. The van der Waals surface area contributed by atoms with Crippen molar-refractivity contribution in [2.75, 3.05) is 19.6 Å². The van der Waals surface area contributed by atoms with Gasteiger partial charge in [0.05, 0.1) is 16.8 Å². The standard InChI is InChI=1S/C20H20N4O.2ClH/c21-11-14-7-9-24(13-14)20(25)17-10-19(15-4-3-8-22-12-15)23-18-6-2-1-5-16(17)18;;/h1-6,8,10,12,14H,7,9,11,13,21H2;2*1H. The van der Waals surface area contributed by atoms with E-state index in [1.807, 2.05) is 47.4 Å². The molecule has 3 aromatic rings. The van der Waals surface area contributed by atoms with Crippen LogP contribution in [0.15, 0.2) is 54.9 Å². The number of hydrogen-bond acceptors (Lipinski definition) is 4. The van der Waals surface area contributed by atoms with Crippen LogP contribution in [0.5, 0.6) is 0 Å². The Morgan fingerprint density at radius 2 is 2.00 bits per heavy atom. The highest BCUT2D eigenvalue weighted by Gasteiger charge is 2.27. The van der Waals surface area contributed by atoms with E-state index in [0.717, 1.165) is 41.7 Å². The van der Waals surface area contributed by atoms with Gasteiger partial charge in [-0.3, -0.25) is 9.78 Å². The molecule has 0 bridgehead atoms. The predicted molar refractivity (Wildman–Crippen MR) is 113 cm³/mol. The summed E-state index contributed by atoms with van der Waals surface area (Å²) in [6.07, 6.45) is 4.47. The third-order valence-corrected chi connectivity index (χ3v) is 4.81. The largest absolute Gasteiger partial charge is 0.338 e. The number of hydrogen-bond donors (Lipinski definition) is 1. The summed E-state index contributed by atoms with van der Waals surface area (Å²) >= 11 is 0. The number of para-hydroxylation sites is 1. The Bertz CT molecular complexity index is 920. The third-order valence-electron chi connectivity index (χ3n) is 4.81. The summed E-state index contributed by atoms with van der Waals surface area (Å²) in [4.78, 5) is 23.9. The van der Waals surface area contributed by atoms with Crippen LogP contribution >= 0.6 is 24.8 Å². The van der Waals surface area contributed by atoms with Crippen molar-refractivity contribution in [2.24, 2.45) is 11.7 Å². The molecule has 0 spiro atoms. The summed E-state index contributed by atoms with van der Waals surface area (Å²) in [7, 11) is 0. The molecule has 2 N–H and O–H groups in total. The highest BCUT2D eigenvalue weighted by atomic mass is 35.5. The first-order valence-corrected chi connectivity index (χ1v) is 8.56. The fourth-order valence-corrected chi connectivity index (χ4v) is 3.39. The van der Waals surface area contributed by atoms with Crippen LogP contribution in [0.3, 0.4) is 0 Å². The second kappa shape index (κ2) is 9.13. The highest BCUT2D eigenvalue weighted by Crippen LogP contribution is 2.27. The van der Waals surface area contributed by atoms with E-state index in [2.05, 4.69) is 4.98 Å². The summed E-state index contributed by atoms with van der Waals surface area (Å²) in [5.41, 5.74) is 8.96. The molecule has 27 heavy (non-hydrogen) atoms. The second-order valence-corrected chi connectivity index (χ2v) is 6.46. The van der Waals surface area contributed by atoms with Gasteiger partial charge in [0.1, 0.15) is 0 Å². The lowest BCUT2D eigenvalue weighted by atomic mass is 10.0. The average Bonchev–Trinajstić information content (AvgIpc) is 3.16. The Balaban J connectivity index is 0.00000131. The van der Waals surface area contributed by atoms with Crippen molar-refractivity contribution in [1.82, 2.24) is 14.9 Å². The van der Waals surface area contributed by atoms with Crippen LogP contribution in [0.2, 0.25) is 0 Å². The molecule has 1 aliphatic rings. The van der Waals surface area contributed by atoms with Gasteiger partial charge in [-0.2, -0.15) is 0 Å². The Morgan fingerprint density at radius 1 is 1.19 bits per heavy atom. The van der Waals surface area contributed by atoms with Crippen molar-refractivity contribution in [3.63, 3.8) is 0 Å². The topological polar surface area (TPSA) is 72.1 Å². The summed E-state index contributed by atoms with van der Waals surface area (Å²) in [6.45, 7) is 2.12. The molecule has 1 amide bonds. The molecule has 1 aliphatic heterocycles. The fourth-order valence-electron chi connectivity index (χ4n) is 3.39. The monoisotopic (exact) mass is 404 g/mol. The Labute approximate surface area is 170 Å². The molecule has 5 nitrogen and oxygen atoms in total. The molecule has 142 valence electrons. The van der Waals surface area contributed by atoms with Crippen molar-refractivity contribution in [1.29, 1.82) is 0 Å². The summed E-state index contributed by atoms with van der Waals surface area (Å²) in [5, 5.41) is 0.885. The zero-order valence-electron chi connectivity index (χ0n) is 14.7. The third kappa shape index (κ3) is 4.21. The number of carbonyl (C=O) groups is 1. The van der Waals surface area contributed by atoms with E-state index in [1.54, 1.807) is 12.4 Å². The van der Waals surface area contributed by atoms with Crippen LogP contribution in [0.25, 0.3) is 22.2 Å². The Kier molecular flexibility index (Phi) is 7.13. The van der Waals surface area contributed by atoms with Crippen molar-refractivity contribution in [3.8, 4) is 11.3 Å². The van der Waals surface area contributed by atoms with Crippen LogP contribution in [0.4, 0.5) is 0 Å². The molecular weight excluding hydrogens is 383 g/mol. The van der Waals surface area contributed by atoms with Crippen molar-refractivity contribution < 1.29 is 4.79 Å². The van der Waals surface area contributed by atoms with Crippen LogP contribution < -0.4 is 5.73 Å². The molecule has 0 radical (unpaired) electrons. The molecule has 2 aromatic heterocycles. The summed E-state index contributed by atoms with van der Waals surface area (Å²) in [5.74, 6) is 0.453. The van der Waals surface area contributed by atoms with Gasteiger partial charge in [-0.25, -0.2) is 4.98 Å². The van der Waals surface area contributed by atoms with E-state index in [4.69, 9.17) is 10.7 Å². The maximum Gasteiger partial charge on any atom is 0.254 e.